The van der Waals surface area contributed by atoms with Gasteiger partial charge in [-0.25, -0.2) is 9.78 Å². The van der Waals surface area contributed by atoms with E-state index in [4.69, 9.17) is 9.72 Å². The summed E-state index contributed by atoms with van der Waals surface area (Å²) < 4.78 is 7.22. The van der Waals surface area contributed by atoms with Crippen molar-refractivity contribution in [1.82, 2.24) is 9.55 Å². The molecule has 0 amide bonds. The average molecular weight is 476 g/mol. The fourth-order valence-corrected chi connectivity index (χ4v) is 5.30. The zero-order valence-electron chi connectivity index (χ0n) is 21.0. The van der Waals surface area contributed by atoms with Crippen LogP contribution in [0, 0.1) is 18.3 Å². The van der Waals surface area contributed by atoms with Crippen molar-refractivity contribution in [3.8, 4) is 6.07 Å². The van der Waals surface area contributed by atoms with Gasteiger partial charge in [-0.05, 0) is 77.3 Å². The molecule has 0 saturated carbocycles. The minimum atomic E-state index is -0.341. The third-order valence-electron chi connectivity index (χ3n) is 7.00. The predicted molar refractivity (Wildman–Crippen MR) is 142 cm³/mol. The van der Waals surface area contributed by atoms with E-state index in [2.05, 4.69) is 54.0 Å². The molecular weight excluding hydrogens is 446 g/mol. The molecule has 0 N–H and O–H groups in total. The van der Waals surface area contributed by atoms with Crippen molar-refractivity contribution >= 4 is 22.6 Å². The van der Waals surface area contributed by atoms with Gasteiger partial charge in [-0.3, -0.25) is 0 Å². The number of hydrogen-bond acceptors (Lipinski definition) is 4. The number of carbonyl (C=O) groups is 1. The highest BCUT2D eigenvalue weighted by atomic mass is 16.5. The molecule has 1 aromatic heterocycles. The standard InChI is InChI=1S/C31H29N3O2/c1-4-7-29-33-30-20(2)16-24(31(35)36-3)18-28(30)34(29)19-21-10-13-26-23(17-21)12-11-22-8-5-6-9-25(22)27(26)14-15-32/h5-6,8-10,13-14,16-18H,4,7,11-12,19H2,1-3H3. The maximum absolute atomic E-state index is 12.3. The van der Waals surface area contributed by atoms with Gasteiger partial charge in [0.1, 0.15) is 5.82 Å². The summed E-state index contributed by atoms with van der Waals surface area (Å²) in [5, 5.41) is 9.50. The molecule has 0 saturated heterocycles. The second-order valence-electron chi connectivity index (χ2n) is 9.35. The number of benzene rings is 3. The molecule has 180 valence electrons. The Bertz CT molecular complexity index is 1550. The largest absolute Gasteiger partial charge is 0.465 e. The Labute approximate surface area is 211 Å². The summed E-state index contributed by atoms with van der Waals surface area (Å²) in [5.41, 5.74) is 10.3. The number of aromatic nitrogens is 2. The highest BCUT2D eigenvalue weighted by Gasteiger charge is 2.20. The monoisotopic (exact) mass is 475 g/mol. The van der Waals surface area contributed by atoms with Crippen molar-refractivity contribution in [2.45, 2.75) is 46.1 Å². The number of ether oxygens (including phenoxy) is 1. The smallest absolute Gasteiger partial charge is 0.337 e. The van der Waals surface area contributed by atoms with Gasteiger partial charge in [0, 0.05) is 19.0 Å². The lowest BCUT2D eigenvalue weighted by Gasteiger charge is -2.14. The first-order chi connectivity index (χ1) is 17.5. The quantitative estimate of drug-likeness (QED) is 0.255. The van der Waals surface area contributed by atoms with Crippen LogP contribution >= 0.6 is 0 Å². The van der Waals surface area contributed by atoms with Crippen LogP contribution in [-0.2, 0) is 30.5 Å². The number of rotatable bonds is 5. The van der Waals surface area contributed by atoms with E-state index < -0.39 is 0 Å². The van der Waals surface area contributed by atoms with Gasteiger partial charge in [0.05, 0.1) is 29.8 Å². The van der Waals surface area contributed by atoms with Crippen LogP contribution in [0.2, 0.25) is 0 Å². The molecule has 1 heterocycles. The molecule has 5 nitrogen and oxygen atoms in total. The van der Waals surface area contributed by atoms with Gasteiger partial charge in [0.15, 0.2) is 0 Å². The van der Waals surface area contributed by atoms with Crippen LogP contribution in [-0.4, -0.2) is 22.6 Å². The predicted octanol–water partition coefficient (Wildman–Crippen LogP) is 6.19. The summed E-state index contributed by atoms with van der Waals surface area (Å²) in [5.74, 6) is 0.677. The summed E-state index contributed by atoms with van der Waals surface area (Å²) in [6, 6.07) is 20.9. The first kappa shape index (κ1) is 23.6. The second kappa shape index (κ2) is 9.83. The van der Waals surface area contributed by atoms with Crippen LogP contribution in [0.1, 0.15) is 62.9 Å². The van der Waals surface area contributed by atoms with Crippen LogP contribution in [0.15, 0.2) is 60.7 Å². The molecule has 5 heteroatoms. The highest BCUT2D eigenvalue weighted by molar-refractivity contribution is 5.95. The zero-order valence-corrected chi connectivity index (χ0v) is 21.0. The lowest BCUT2D eigenvalue weighted by molar-refractivity contribution is 0.0601. The van der Waals surface area contributed by atoms with E-state index in [0.717, 1.165) is 64.8 Å². The summed E-state index contributed by atoms with van der Waals surface area (Å²) in [7, 11) is 1.41. The minimum Gasteiger partial charge on any atom is -0.465 e. The summed E-state index contributed by atoms with van der Waals surface area (Å²) in [4.78, 5) is 17.3. The molecule has 0 unspecified atom stereocenters. The SMILES string of the molecule is CCCc1nc2c(C)cc(C(=O)OC)cc2n1Cc1ccc2c(c1)CCc1ccccc1C2=CC#N. The van der Waals surface area contributed by atoms with E-state index in [1.165, 1.54) is 23.8 Å². The number of methoxy groups -OCH3 is 1. The Kier molecular flexibility index (Phi) is 6.43. The first-order valence-corrected chi connectivity index (χ1v) is 12.4. The van der Waals surface area contributed by atoms with Crippen LogP contribution in [0.25, 0.3) is 16.6 Å². The average Bonchev–Trinajstić information content (AvgIpc) is 3.15. The van der Waals surface area contributed by atoms with Crippen molar-refractivity contribution in [3.05, 3.63) is 105 Å². The number of aryl methyl sites for hydroxylation is 4. The Morgan fingerprint density at radius 1 is 1.11 bits per heavy atom. The number of esters is 1. The lowest BCUT2D eigenvalue weighted by Crippen LogP contribution is -2.07. The minimum absolute atomic E-state index is 0.341. The molecule has 1 aliphatic carbocycles. The van der Waals surface area contributed by atoms with E-state index in [1.54, 1.807) is 6.08 Å². The number of imidazole rings is 1. The van der Waals surface area contributed by atoms with E-state index in [1.807, 2.05) is 25.1 Å². The van der Waals surface area contributed by atoms with Crippen molar-refractivity contribution in [2.24, 2.45) is 0 Å². The molecule has 1 aliphatic rings. The fraction of sp³-hybridized carbons (Fsp3) is 0.258. The van der Waals surface area contributed by atoms with Gasteiger partial charge in [-0.2, -0.15) is 5.26 Å². The van der Waals surface area contributed by atoms with Gasteiger partial charge in [0.2, 0.25) is 0 Å². The summed E-state index contributed by atoms with van der Waals surface area (Å²) in [6.07, 6.45) is 5.36. The molecule has 36 heavy (non-hydrogen) atoms. The van der Waals surface area contributed by atoms with Gasteiger partial charge in [-0.1, -0.05) is 49.4 Å². The maximum Gasteiger partial charge on any atom is 0.337 e. The maximum atomic E-state index is 12.3. The number of hydrogen-bond donors (Lipinski definition) is 0. The normalized spacial score (nSPS) is 13.7. The number of carbonyl (C=O) groups excluding carboxylic acids is 1. The van der Waals surface area contributed by atoms with Crippen LogP contribution in [0.4, 0.5) is 0 Å². The summed E-state index contributed by atoms with van der Waals surface area (Å²) >= 11 is 0. The van der Waals surface area contributed by atoms with Crippen LogP contribution in [0.5, 0.6) is 0 Å². The molecule has 5 rings (SSSR count). The van der Waals surface area contributed by atoms with Crippen molar-refractivity contribution in [1.29, 1.82) is 5.26 Å². The van der Waals surface area contributed by atoms with Gasteiger partial charge in [-0.15, -0.1) is 0 Å². The van der Waals surface area contributed by atoms with Gasteiger partial charge >= 0.3 is 5.97 Å². The van der Waals surface area contributed by atoms with Crippen molar-refractivity contribution in [2.75, 3.05) is 7.11 Å². The van der Waals surface area contributed by atoms with Crippen molar-refractivity contribution in [3.63, 3.8) is 0 Å². The molecule has 4 aromatic rings. The topological polar surface area (TPSA) is 67.9 Å². The molecule has 0 radical (unpaired) electrons. The second-order valence-corrected chi connectivity index (χ2v) is 9.35. The lowest BCUT2D eigenvalue weighted by atomic mass is 9.93. The number of allylic oxidation sites excluding steroid dienone is 1. The Balaban J connectivity index is 1.60. The van der Waals surface area contributed by atoms with E-state index in [-0.39, 0.29) is 5.97 Å². The fourth-order valence-electron chi connectivity index (χ4n) is 5.30. The Morgan fingerprint density at radius 3 is 2.67 bits per heavy atom. The molecule has 0 bridgehead atoms. The Morgan fingerprint density at radius 2 is 1.89 bits per heavy atom. The first-order valence-electron chi connectivity index (χ1n) is 12.4. The van der Waals surface area contributed by atoms with Crippen LogP contribution in [0.3, 0.4) is 0 Å². The molecule has 3 aromatic carbocycles. The molecule has 0 atom stereocenters. The highest BCUT2D eigenvalue weighted by Crippen LogP contribution is 2.34. The molecule has 0 fully saturated rings. The number of nitrogens with zero attached hydrogens (tertiary/aromatic N) is 3. The van der Waals surface area contributed by atoms with E-state index in [9.17, 15) is 10.1 Å². The van der Waals surface area contributed by atoms with E-state index >= 15 is 0 Å². The van der Waals surface area contributed by atoms with E-state index in [0.29, 0.717) is 12.1 Å². The molecule has 0 aliphatic heterocycles. The molecule has 0 spiro atoms. The summed E-state index contributed by atoms with van der Waals surface area (Å²) in [6.45, 7) is 4.80. The number of fused-ring (bicyclic) bond motifs is 3. The third-order valence-corrected chi connectivity index (χ3v) is 7.00. The number of nitriles is 1. The van der Waals surface area contributed by atoms with Gasteiger partial charge in [0.25, 0.3) is 0 Å². The molecular formula is C31H29N3O2. The van der Waals surface area contributed by atoms with Crippen LogP contribution < -0.4 is 0 Å². The van der Waals surface area contributed by atoms with Gasteiger partial charge < -0.3 is 9.30 Å². The van der Waals surface area contributed by atoms with Crippen molar-refractivity contribution < 1.29 is 9.53 Å². The zero-order chi connectivity index (χ0) is 25.2. The Hall–Kier alpha value is -4.17. The third kappa shape index (κ3) is 4.20.